The van der Waals surface area contributed by atoms with Crippen molar-refractivity contribution in [3.05, 3.63) is 0 Å². The molecule has 2 unspecified atom stereocenters. The number of carbonyl (C=O) groups excluding carboxylic acids is 1. The maximum Gasteiger partial charge on any atom is 0.171 e. The van der Waals surface area contributed by atoms with E-state index in [0.29, 0.717) is 6.04 Å². The van der Waals surface area contributed by atoms with Gasteiger partial charge in [0.15, 0.2) is 5.78 Å². The second kappa shape index (κ2) is 5.39. The van der Waals surface area contributed by atoms with E-state index < -0.39 is 5.60 Å². The Morgan fingerprint density at radius 1 is 1.30 bits per heavy atom. The number of hydrogen-bond acceptors (Lipinski definition) is 4. The first-order valence-corrected chi connectivity index (χ1v) is 7.77. The highest BCUT2D eigenvalue weighted by Crippen LogP contribution is 2.40. The Kier molecular flexibility index (Phi) is 4.30. The monoisotopic (exact) mass is 282 g/mol. The van der Waals surface area contributed by atoms with E-state index >= 15 is 0 Å². The molecular formula is C16H30N2O2. The minimum absolute atomic E-state index is 0.0136. The molecule has 0 aromatic heterocycles. The lowest BCUT2D eigenvalue weighted by atomic mass is 9.85. The quantitative estimate of drug-likeness (QED) is 0.787. The van der Waals surface area contributed by atoms with Gasteiger partial charge in [0.05, 0.1) is 11.5 Å². The summed E-state index contributed by atoms with van der Waals surface area (Å²) in [6.07, 6.45) is 2.48. The predicted molar refractivity (Wildman–Crippen MR) is 80.9 cm³/mol. The summed E-state index contributed by atoms with van der Waals surface area (Å²) in [4.78, 5) is 17.3. The second-order valence-electron chi connectivity index (χ2n) is 7.69. The van der Waals surface area contributed by atoms with Gasteiger partial charge in [0.2, 0.25) is 0 Å². The molecule has 2 aliphatic rings. The van der Waals surface area contributed by atoms with Crippen LogP contribution in [0.2, 0.25) is 0 Å². The third-order valence-electron chi connectivity index (χ3n) is 4.76. The zero-order chi connectivity index (χ0) is 15.1. The van der Waals surface area contributed by atoms with Crippen molar-refractivity contribution in [3.8, 4) is 0 Å². The van der Waals surface area contributed by atoms with Crippen LogP contribution in [0.3, 0.4) is 0 Å². The maximum atomic E-state index is 12.6. The van der Waals surface area contributed by atoms with Crippen LogP contribution >= 0.6 is 0 Å². The fourth-order valence-corrected chi connectivity index (χ4v) is 3.82. The highest BCUT2D eigenvalue weighted by molar-refractivity contribution is 5.91. The van der Waals surface area contributed by atoms with E-state index in [0.717, 1.165) is 19.6 Å². The number of likely N-dealkylation sites (N-methyl/N-ethyl adjacent to an activating group) is 1. The molecule has 2 aliphatic heterocycles. The standard InChI is InChI=1S/C16H30N2O2/c1-15(2)13(14(19)16(3,4)20-15)11-18-9-7-8-12(18)10-17(5)6/h12-13H,7-11H2,1-6H3. The van der Waals surface area contributed by atoms with Crippen molar-refractivity contribution >= 4 is 5.78 Å². The molecule has 0 bridgehead atoms. The Bertz CT molecular complexity index is 377. The van der Waals surface area contributed by atoms with Crippen molar-refractivity contribution in [1.82, 2.24) is 9.80 Å². The van der Waals surface area contributed by atoms with Crippen LogP contribution < -0.4 is 0 Å². The predicted octanol–water partition coefficient (Wildman–Crippen LogP) is 1.79. The Hall–Kier alpha value is -0.450. The number of ether oxygens (including phenoxy) is 1. The zero-order valence-corrected chi connectivity index (χ0v) is 13.9. The minimum Gasteiger partial charge on any atom is -0.361 e. The van der Waals surface area contributed by atoms with Gasteiger partial charge in [-0.05, 0) is 61.2 Å². The first-order chi connectivity index (χ1) is 9.13. The molecule has 0 spiro atoms. The van der Waals surface area contributed by atoms with E-state index in [1.165, 1.54) is 12.8 Å². The van der Waals surface area contributed by atoms with Crippen LogP contribution in [0.25, 0.3) is 0 Å². The van der Waals surface area contributed by atoms with Gasteiger partial charge in [0.1, 0.15) is 5.60 Å². The van der Waals surface area contributed by atoms with Crippen LogP contribution in [0.1, 0.15) is 40.5 Å². The highest BCUT2D eigenvalue weighted by atomic mass is 16.5. The van der Waals surface area contributed by atoms with Crippen molar-refractivity contribution in [2.24, 2.45) is 5.92 Å². The van der Waals surface area contributed by atoms with Crippen LogP contribution in [0.4, 0.5) is 0 Å². The van der Waals surface area contributed by atoms with E-state index in [1.807, 2.05) is 13.8 Å². The van der Waals surface area contributed by atoms with Gasteiger partial charge in [0.25, 0.3) is 0 Å². The Morgan fingerprint density at radius 2 is 1.95 bits per heavy atom. The third kappa shape index (κ3) is 3.07. The molecule has 2 heterocycles. The molecule has 2 atom stereocenters. The molecule has 0 aromatic rings. The number of ketones is 1. The van der Waals surface area contributed by atoms with Gasteiger partial charge in [-0.2, -0.15) is 0 Å². The Morgan fingerprint density at radius 3 is 2.45 bits per heavy atom. The summed E-state index contributed by atoms with van der Waals surface area (Å²) in [5.74, 6) is 0.248. The number of nitrogens with zero attached hydrogens (tertiary/aromatic N) is 2. The van der Waals surface area contributed by atoms with E-state index in [1.54, 1.807) is 0 Å². The molecule has 4 heteroatoms. The molecule has 2 fully saturated rings. The van der Waals surface area contributed by atoms with Gasteiger partial charge in [-0.15, -0.1) is 0 Å². The van der Waals surface area contributed by atoms with Gasteiger partial charge < -0.3 is 9.64 Å². The van der Waals surface area contributed by atoms with Crippen LogP contribution in [0.5, 0.6) is 0 Å². The van der Waals surface area contributed by atoms with Crippen molar-refractivity contribution in [1.29, 1.82) is 0 Å². The lowest BCUT2D eigenvalue weighted by Crippen LogP contribution is -2.45. The van der Waals surface area contributed by atoms with Gasteiger partial charge in [-0.25, -0.2) is 0 Å². The topological polar surface area (TPSA) is 32.8 Å². The van der Waals surface area contributed by atoms with Crippen LogP contribution in [-0.4, -0.2) is 66.6 Å². The van der Waals surface area contributed by atoms with Crippen molar-refractivity contribution < 1.29 is 9.53 Å². The van der Waals surface area contributed by atoms with Gasteiger partial charge in [-0.3, -0.25) is 9.69 Å². The summed E-state index contributed by atoms with van der Waals surface area (Å²) in [5.41, 5.74) is -0.989. The molecule has 4 nitrogen and oxygen atoms in total. The normalized spacial score (nSPS) is 33.2. The number of Topliss-reactive ketones (excluding diaryl/α,β-unsaturated/α-hetero) is 1. The van der Waals surface area contributed by atoms with Crippen LogP contribution in [0, 0.1) is 5.92 Å². The van der Waals surface area contributed by atoms with Gasteiger partial charge >= 0.3 is 0 Å². The van der Waals surface area contributed by atoms with Gasteiger partial charge in [-0.1, -0.05) is 0 Å². The summed E-state index contributed by atoms with van der Waals surface area (Å²) < 4.78 is 6.00. The Balaban J connectivity index is 2.07. The van der Waals surface area contributed by atoms with E-state index in [4.69, 9.17) is 4.74 Å². The summed E-state index contributed by atoms with van der Waals surface area (Å²) >= 11 is 0. The summed E-state index contributed by atoms with van der Waals surface area (Å²) in [6, 6.07) is 0.581. The summed E-state index contributed by atoms with van der Waals surface area (Å²) in [5, 5.41) is 0. The molecule has 20 heavy (non-hydrogen) atoms. The van der Waals surface area contributed by atoms with Crippen molar-refractivity contribution in [3.63, 3.8) is 0 Å². The van der Waals surface area contributed by atoms with Crippen molar-refractivity contribution in [2.45, 2.75) is 57.8 Å². The number of rotatable bonds is 4. The molecule has 2 saturated heterocycles. The SMILES string of the molecule is CN(C)CC1CCCN1CC1C(=O)C(C)(C)OC1(C)C. The lowest BCUT2D eigenvalue weighted by molar-refractivity contribution is -0.132. The molecule has 0 N–H and O–H groups in total. The molecule has 0 aromatic carbocycles. The van der Waals surface area contributed by atoms with E-state index in [9.17, 15) is 4.79 Å². The average Bonchev–Trinajstić information content (AvgIpc) is 2.74. The summed E-state index contributed by atoms with van der Waals surface area (Å²) in [7, 11) is 4.24. The fraction of sp³-hybridized carbons (Fsp3) is 0.938. The largest absolute Gasteiger partial charge is 0.361 e. The second-order valence-corrected chi connectivity index (χ2v) is 7.69. The maximum absolute atomic E-state index is 12.6. The fourth-order valence-electron chi connectivity index (χ4n) is 3.82. The number of carbonyl (C=O) groups is 1. The first kappa shape index (κ1) is 15.9. The van der Waals surface area contributed by atoms with Crippen LogP contribution in [-0.2, 0) is 9.53 Å². The van der Waals surface area contributed by atoms with E-state index in [-0.39, 0.29) is 17.3 Å². The molecule has 2 rings (SSSR count). The molecule has 0 radical (unpaired) electrons. The Labute approximate surface area is 123 Å². The van der Waals surface area contributed by atoms with Crippen molar-refractivity contribution in [2.75, 3.05) is 33.7 Å². The molecule has 0 amide bonds. The highest BCUT2D eigenvalue weighted by Gasteiger charge is 2.53. The molecule has 116 valence electrons. The zero-order valence-electron chi connectivity index (χ0n) is 13.9. The molecular weight excluding hydrogens is 252 g/mol. The first-order valence-electron chi connectivity index (χ1n) is 7.77. The average molecular weight is 282 g/mol. The smallest absolute Gasteiger partial charge is 0.171 e. The van der Waals surface area contributed by atoms with Gasteiger partial charge in [0, 0.05) is 19.1 Å². The lowest BCUT2D eigenvalue weighted by Gasteiger charge is -2.32. The summed E-state index contributed by atoms with van der Waals surface area (Å²) in [6.45, 7) is 10.9. The molecule has 0 aliphatic carbocycles. The number of likely N-dealkylation sites (tertiary alicyclic amines) is 1. The molecule has 0 saturated carbocycles. The minimum atomic E-state index is -0.634. The third-order valence-corrected chi connectivity index (χ3v) is 4.76. The number of hydrogen-bond donors (Lipinski definition) is 0. The van der Waals surface area contributed by atoms with E-state index in [2.05, 4.69) is 37.7 Å². The van der Waals surface area contributed by atoms with Crippen LogP contribution in [0.15, 0.2) is 0 Å².